The number of para-hydroxylation sites is 1. The molecule has 1 amide bonds. The maximum absolute atomic E-state index is 12.0. The SMILES string of the molecule is O=C1CCCN1CC1CCCCN1Cc1csc(COc2ccccc2)n1. The fourth-order valence-corrected chi connectivity index (χ4v) is 4.68. The molecule has 0 aliphatic carbocycles. The predicted molar refractivity (Wildman–Crippen MR) is 107 cm³/mol. The minimum absolute atomic E-state index is 0.328. The fourth-order valence-electron chi connectivity index (χ4n) is 3.98. The zero-order chi connectivity index (χ0) is 18.5. The van der Waals surface area contributed by atoms with E-state index >= 15 is 0 Å². The lowest BCUT2D eigenvalue weighted by Crippen LogP contribution is -2.46. The van der Waals surface area contributed by atoms with Gasteiger partial charge in [-0.3, -0.25) is 9.69 Å². The van der Waals surface area contributed by atoms with Crippen LogP contribution in [0.4, 0.5) is 0 Å². The molecule has 5 nitrogen and oxygen atoms in total. The number of amides is 1. The summed E-state index contributed by atoms with van der Waals surface area (Å²) in [6, 6.07) is 10.3. The molecule has 0 spiro atoms. The van der Waals surface area contributed by atoms with Crippen LogP contribution in [0.15, 0.2) is 35.7 Å². The Hall–Kier alpha value is -1.92. The second kappa shape index (κ2) is 8.85. The molecule has 2 saturated heterocycles. The molecule has 1 unspecified atom stereocenters. The Morgan fingerprint density at radius 3 is 2.85 bits per heavy atom. The van der Waals surface area contributed by atoms with E-state index in [0.717, 1.165) is 55.5 Å². The number of aromatic nitrogens is 1. The lowest BCUT2D eigenvalue weighted by Gasteiger charge is -2.37. The van der Waals surface area contributed by atoms with Crippen LogP contribution in [0, 0.1) is 0 Å². The van der Waals surface area contributed by atoms with Crippen molar-refractivity contribution in [2.75, 3.05) is 19.6 Å². The Balaban J connectivity index is 1.33. The van der Waals surface area contributed by atoms with E-state index in [-0.39, 0.29) is 0 Å². The van der Waals surface area contributed by atoms with Crippen molar-refractivity contribution in [3.8, 4) is 5.75 Å². The highest BCUT2D eigenvalue weighted by Gasteiger charge is 2.29. The highest BCUT2D eigenvalue weighted by molar-refractivity contribution is 7.09. The van der Waals surface area contributed by atoms with Crippen LogP contribution in [0.2, 0.25) is 0 Å². The summed E-state index contributed by atoms with van der Waals surface area (Å²) in [6.07, 6.45) is 5.42. The van der Waals surface area contributed by atoms with Crippen molar-refractivity contribution in [2.45, 2.75) is 51.3 Å². The van der Waals surface area contributed by atoms with Gasteiger partial charge in [-0.1, -0.05) is 24.6 Å². The first-order valence-electron chi connectivity index (χ1n) is 9.91. The van der Waals surface area contributed by atoms with Gasteiger partial charge < -0.3 is 9.64 Å². The number of benzene rings is 1. The molecule has 2 aromatic rings. The minimum Gasteiger partial charge on any atom is -0.486 e. The van der Waals surface area contributed by atoms with E-state index in [1.54, 1.807) is 11.3 Å². The van der Waals surface area contributed by atoms with Gasteiger partial charge in [-0.2, -0.15) is 0 Å². The minimum atomic E-state index is 0.328. The fraction of sp³-hybridized carbons (Fsp3) is 0.524. The molecule has 144 valence electrons. The molecule has 1 atom stereocenters. The summed E-state index contributed by atoms with van der Waals surface area (Å²) in [5.41, 5.74) is 1.12. The van der Waals surface area contributed by atoms with Gasteiger partial charge in [-0.15, -0.1) is 11.3 Å². The van der Waals surface area contributed by atoms with Crippen molar-refractivity contribution in [3.63, 3.8) is 0 Å². The maximum atomic E-state index is 12.0. The largest absolute Gasteiger partial charge is 0.486 e. The summed E-state index contributed by atoms with van der Waals surface area (Å²) in [5, 5.41) is 3.16. The Kier molecular flexibility index (Phi) is 6.04. The number of piperidine rings is 1. The van der Waals surface area contributed by atoms with E-state index in [4.69, 9.17) is 9.72 Å². The van der Waals surface area contributed by atoms with Gasteiger partial charge in [0.1, 0.15) is 17.4 Å². The standard InChI is InChI=1S/C21H27N3O2S/c25-21-10-6-12-24(21)14-18-7-4-5-11-23(18)13-17-16-27-20(22-17)15-26-19-8-2-1-3-9-19/h1-3,8-9,16,18H,4-7,10-15H2. The Morgan fingerprint density at radius 2 is 2.04 bits per heavy atom. The second-order valence-electron chi connectivity index (χ2n) is 7.40. The molecule has 0 bridgehead atoms. The number of nitrogens with zero attached hydrogens (tertiary/aromatic N) is 3. The van der Waals surface area contributed by atoms with Gasteiger partial charge in [-0.05, 0) is 37.9 Å². The number of thiazole rings is 1. The summed E-state index contributed by atoms with van der Waals surface area (Å²) in [4.78, 5) is 21.3. The zero-order valence-corrected chi connectivity index (χ0v) is 16.5. The molecule has 0 saturated carbocycles. The number of likely N-dealkylation sites (tertiary alicyclic amines) is 2. The van der Waals surface area contributed by atoms with Crippen LogP contribution in [-0.2, 0) is 17.9 Å². The smallest absolute Gasteiger partial charge is 0.222 e. The first-order chi connectivity index (χ1) is 13.3. The first kappa shape index (κ1) is 18.4. The van der Waals surface area contributed by atoms with Crippen LogP contribution >= 0.6 is 11.3 Å². The van der Waals surface area contributed by atoms with Crippen LogP contribution < -0.4 is 4.74 Å². The van der Waals surface area contributed by atoms with Crippen molar-refractivity contribution in [2.24, 2.45) is 0 Å². The van der Waals surface area contributed by atoms with Gasteiger partial charge in [0.05, 0.1) is 5.69 Å². The number of rotatable bonds is 7. The van der Waals surface area contributed by atoms with Crippen LogP contribution in [0.5, 0.6) is 5.75 Å². The number of carbonyl (C=O) groups excluding carboxylic acids is 1. The number of hydrogen-bond acceptors (Lipinski definition) is 5. The molecule has 0 radical (unpaired) electrons. The van der Waals surface area contributed by atoms with Gasteiger partial charge in [0, 0.05) is 37.5 Å². The molecule has 4 rings (SSSR count). The van der Waals surface area contributed by atoms with Crippen LogP contribution in [0.1, 0.15) is 42.8 Å². The van der Waals surface area contributed by atoms with Crippen molar-refractivity contribution < 1.29 is 9.53 Å². The highest BCUT2D eigenvalue weighted by Crippen LogP contribution is 2.23. The average Bonchev–Trinajstić information content (AvgIpc) is 3.31. The Bertz CT molecular complexity index is 749. The summed E-state index contributed by atoms with van der Waals surface area (Å²) in [6.45, 7) is 4.29. The van der Waals surface area contributed by atoms with Crippen LogP contribution in [0.3, 0.4) is 0 Å². The third-order valence-corrected chi connectivity index (χ3v) is 6.29. The van der Waals surface area contributed by atoms with Gasteiger partial charge in [0.25, 0.3) is 0 Å². The van der Waals surface area contributed by atoms with E-state index in [9.17, 15) is 4.79 Å². The molecule has 27 heavy (non-hydrogen) atoms. The van der Waals surface area contributed by atoms with Crippen LogP contribution in [0.25, 0.3) is 0 Å². The third kappa shape index (κ3) is 4.87. The average molecular weight is 386 g/mol. The molecule has 2 fully saturated rings. The quantitative estimate of drug-likeness (QED) is 0.729. The van der Waals surface area contributed by atoms with Crippen molar-refractivity contribution in [1.29, 1.82) is 0 Å². The Morgan fingerprint density at radius 1 is 1.15 bits per heavy atom. The molecular weight excluding hydrogens is 358 g/mol. The topological polar surface area (TPSA) is 45.7 Å². The maximum Gasteiger partial charge on any atom is 0.222 e. The van der Waals surface area contributed by atoms with E-state index in [1.165, 1.54) is 19.3 Å². The van der Waals surface area contributed by atoms with Crippen LogP contribution in [-0.4, -0.2) is 46.4 Å². The highest BCUT2D eigenvalue weighted by atomic mass is 32.1. The van der Waals surface area contributed by atoms with Gasteiger partial charge in [0.2, 0.25) is 5.91 Å². The van der Waals surface area contributed by atoms with Crippen molar-refractivity contribution in [3.05, 3.63) is 46.4 Å². The van der Waals surface area contributed by atoms with Gasteiger partial charge in [-0.25, -0.2) is 4.98 Å². The zero-order valence-electron chi connectivity index (χ0n) is 15.7. The van der Waals surface area contributed by atoms with E-state index < -0.39 is 0 Å². The second-order valence-corrected chi connectivity index (χ2v) is 8.34. The number of hydrogen-bond donors (Lipinski definition) is 0. The lowest BCUT2D eigenvalue weighted by atomic mass is 10.0. The molecule has 1 aromatic heterocycles. The summed E-state index contributed by atoms with van der Waals surface area (Å²) >= 11 is 1.66. The summed E-state index contributed by atoms with van der Waals surface area (Å²) in [5.74, 6) is 1.20. The molecule has 0 N–H and O–H groups in total. The molecule has 1 aromatic carbocycles. The summed E-state index contributed by atoms with van der Waals surface area (Å²) in [7, 11) is 0. The van der Waals surface area contributed by atoms with E-state index in [1.807, 2.05) is 30.3 Å². The van der Waals surface area contributed by atoms with E-state index in [2.05, 4.69) is 15.2 Å². The molecule has 2 aliphatic heterocycles. The van der Waals surface area contributed by atoms with E-state index in [0.29, 0.717) is 18.6 Å². The third-order valence-electron chi connectivity index (χ3n) is 5.42. The van der Waals surface area contributed by atoms with Gasteiger partial charge >= 0.3 is 0 Å². The lowest BCUT2D eigenvalue weighted by molar-refractivity contribution is -0.128. The molecule has 3 heterocycles. The molecule has 2 aliphatic rings. The number of ether oxygens (including phenoxy) is 1. The van der Waals surface area contributed by atoms with Crippen molar-refractivity contribution >= 4 is 17.2 Å². The monoisotopic (exact) mass is 385 g/mol. The summed E-state index contributed by atoms with van der Waals surface area (Å²) < 4.78 is 5.81. The Labute approximate surface area is 165 Å². The number of carbonyl (C=O) groups is 1. The molecule has 6 heteroatoms. The predicted octanol–water partition coefficient (Wildman–Crippen LogP) is 3.70. The normalized spacial score (nSPS) is 21.0. The molecular formula is C21H27N3O2S. The first-order valence-corrected chi connectivity index (χ1v) is 10.8. The van der Waals surface area contributed by atoms with Gasteiger partial charge in [0.15, 0.2) is 0 Å². The van der Waals surface area contributed by atoms with Crippen molar-refractivity contribution in [1.82, 2.24) is 14.8 Å².